The molecule has 1 rings (SSSR count). The van der Waals surface area contributed by atoms with Crippen molar-refractivity contribution in [2.75, 3.05) is 46.8 Å². The highest BCUT2D eigenvalue weighted by Crippen LogP contribution is 2.18. The van der Waals surface area contributed by atoms with Gasteiger partial charge in [-0.25, -0.2) is 0 Å². The van der Waals surface area contributed by atoms with Gasteiger partial charge in [0.2, 0.25) is 0 Å². The van der Waals surface area contributed by atoms with Crippen molar-refractivity contribution < 1.29 is 0 Å². The summed E-state index contributed by atoms with van der Waals surface area (Å²) in [6, 6.07) is 0. The first-order valence-corrected chi connectivity index (χ1v) is 7.55. The van der Waals surface area contributed by atoms with E-state index in [2.05, 4.69) is 56.6 Å². The molecule has 3 nitrogen and oxygen atoms in total. The first kappa shape index (κ1) is 16.7. The van der Waals surface area contributed by atoms with E-state index in [1.165, 1.54) is 38.0 Å². The van der Waals surface area contributed by atoms with Gasteiger partial charge in [0.05, 0.1) is 0 Å². The Bertz CT molecular complexity index is 270. The number of nitrogens with one attached hydrogen (secondary N) is 1. The van der Waals surface area contributed by atoms with Crippen LogP contribution in [0.25, 0.3) is 0 Å². The van der Waals surface area contributed by atoms with Gasteiger partial charge in [-0.15, -0.1) is 0 Å². The topological polar surface area (TPSA) is 18.5 Å². The summed E-state index contributed by atoms with van der Waals surface area (Å²) in [5.41, 5.74) is 1.49. The van der Waals surface area contributed by atoms with Crippen molar-refractivity contribution in [3.8, 4) is 0 Å². The second-order valence-electron chi connectivity index (χ2n) is 7.34. The highest BCUT2D eigenvalue weighted by Gasteiger charge is 2.20. The summed E-state index contributed by atoms with van der Waals surface area (Å²) in [5, 5.41) is 3.51. The van der Waals surface area contributed by atoms with E-state index in [9.17, 15) is 0 Å². The van der Waals surface area contributed by atoms with E-state index in [4.69, 9.17) is 0 Å². The molecule has 0 aromatic rings. The molecule has 3 heteroatoms. The Morgan fingerprint density at radius 1 is 1.26 bits per heavy atom. The van der Waals surface area contributed by atoms with Crippen LogP contribution in [0, 0.1) is 5.92 Å². The second kappa shape index (κ2) is 7.41. The predicted molar refractivity (Wildman–Crippen MR) is 84.6 cm³/mol. The van der Waals surface area contributed by atoms with Gasteiger partial charge >= 0.3 is 0 Å². The van der Waals surface area contributed by atoms with Gasteiger partial charge in [0.1, 0.15) is 0 Å². The number of hydrogen-bond acceptors (Lipinski definition) is 3. The van der Waals surface area contributed by atoms with Crippen molar-refractivity contribution in [2.45, 2.75) is 39.2 Å². The lowest BCUT2D eigenvalue weighted by Crippen LogP contribution is -2.41. The lowest BCUT2D eigenvalue weighted by Gasteiger charge is -2.34. The fraction of sp³-hybridized carbons (Fsp3) is 0.875. The Morgan fingerprint density at radius 3 is 2.32 bits per heavy atom. The summed E-state index contributed by atoms with van der Waals surface area (Å²) < 4.78 is 0. The van der Waals surface area contributed by atoms with Gasteiger partial charge in [0.15, 0.2) is 0 Å². The van der Waals surface area contributed by atoms with E-state index in [0.29, 0.717) is 0 Å². The van der Waals surface area contributed by atoms with Crippen LogP contribution < -0.4 is 5.32 Å². The van der Waals surface area contributed by atoms with E-state index < -0.39 is 0 Å². The van der Waals surface area contributed by atoms with Crippen LogP contribution in [-0.4, -0.2) is 62.2 Å². The van der Waals surface area contributed by atoms with Crippen molar-refractivity contribution in [3.63, 3.8) is 0 Å². The van der Waals surface area contributed by atoms with Crippen molar-refractivity contribution in [1.29, 1.82) is 0 Å². The van der Waals surface area contributed by atoms with E-state index in [-0.39, 0.29) is 5.54 Å². The molecule has 0 saturated carbocycles. The van der Waals surface area contributed by atoms with Gasteiger partial charge < -0.3 is 10.2 Å². The molecule has 19 heavy (non-hydrogen) atoms. The van der Waals surface area contributed by atoms with E-state index in [0.717, 1.165) is 19.0 Å². The smallest absolute Gasteiger partial charge is 0.0202 e. The van der Waals surface area contributed by atoms with Crippen LogP contribution in [0.15, 0.2) is 12.2 Å². The van der Waals surface area contributed by atoms with Gasteiger partial charge in [0.25, 0.3) is 0 Å². The van der Waals surface area contributed by atoms with Gasteiger partial charge in [0, 0.05) is 25.2 Å². The summed E-state index contributed by atoms with van der Waals surface area (Å²) in [7, 11) is 4.35. The summed E-state index contributed by atoms with van der Waals surface area (Å²) >= 11 is 0. The third-order valence-corrected chi connectivity index (χ3v) is 3.65. The highest BCUT2D eigenvalue weighted by molar-refractivity contribution is 5.01. The zero-order valence-corrected chi connectivity index (χ0v) is 13.6. The number of nitrogens with zero attached hydrogens (tertiary/aromatic N) is 2. The molecule has 1 N–H and O–H groups in total. The maximum atomic E-state index is 4.21. The van der Waals surface area contributed by atoms with Gasteiger partial charge in [-0.2, -0.15) is 0 Å². The summed E-state index contributed by atoms with van der Waals surface area (Å²) in [4.78, 5) is 4.87. The lowest BCUT2D eigenvalue weighted by molar-refractivity contribution is 0.171. The van der Waals surface area contributed by atoms with Gasteiger partial charge in [-0.05, 0) is 72.3 Å². The standard InChI is InChI=1S/C16H33N3/c1-14(11-17-16(2,3)4)12-19-9-7-15(8-10-19)13-18(5)6/h15,17H,1,7-13H2,2-6H3. The average Bonchev–Trinajstić information content (AvgIpc) is 2.28. The molecule has 1 aliphatic rings. The number of likely N-dealkylation sites (tertiary alicyclic amines) is 1. The van der Waals surface area contributed by atoms with Gasteiger partial charge in [-0.1, -0.05) is 6.58 Å². The SMILES string of the molecule is C=C(CNC(C)(C)C)CN1CCC(CN(C)C)CC1. The highest BCUT2D eigenvalue weighted by atomic mass is 15.1. The third-order valence-electron chi connectivity index (χ3n) is 3.65. The Kier molecular flexibility index (Phi) is 6.51. The first-order chi connectivity index (χ1) is 8.76. The van der Waals surface area contributed by atoms with Crippen molar-refractivity contribution >= 4 is 0 Å². The number of rotatable bonds is 6. The summed E-state index contributed by atoms with van der Waals surface area (Å²) in [5.74, 6) is 0.882. The van der Waals surface area contributed by atoms with Crippen LogP contribution in [0.4, 0.5) is 0 Å². The maximum absolute atomic E-state index is 4.21. The van der Waals surface area contributed by atoms with Crippen LogP contribution in [-0.2, 0) is 0 Å². The molecule has 112 valence electrons. The van der Waals surface area contributed by atoms with Crippen LogP contribution in [0.3, 0.4) is 0 Å². The molecule has 0 unspecified atom stereocenters. The largest absolute Gasteiger partial charge is 0.309 e. The molecular formula is C16H33N3. The molecular weight excluding hydrogens is 234 g/mol. The van der Waals surface area contributed by atoms with Crippen LogP contribution in [0.1, 0.15) is 33.6 Å². The summed E-state index contributed by atoms with van der Waals surface area (Å²) in [6.45, 7) is 16.5. The first-order valence-electron chi connectivity index (χ1n) is 7.55. The maximum Gasteiger partial charge on any atom is 0.0202 e. The van der Waals surface area contributed by atoms with Crippen molar-refractivity contribution in [1.82, 2.24) is 15.1 Å². The van der Waals surface area contributed by atoms with Crippen molar-refractivity contribution in [2.24, 2.45) is 5.92 Å². The predicted octanol–water partition coefficient (Wildman–Crippen LogP) is 2.20. The molecule has 0 amide bonds. The third kappa shape index (κ3) is 7.71. The minimum absolute atomic E-state index is 0.182. The normalized spacial score (nSPS) is 19.1. The van der Waals surface area contributed by atoms with Crippen LogP contribution >= 0.6 is 0 Å². The van der Waals surface area contributed by atoms with Crippen molar-refractivity contribution in [3.05, 3.63) is 12.2 Å². The molecule has 1 saturated heterocycles. The molecule has 1 aliphatic heterocycles. The molecule has 0 radical (unpaired) electrons. The van der Waals surface area contributed by atoms with E-state index in [1.807, 2.05) is 0 Å². The quantitative estimate of drug-likeness (QED) is 0.744. The zero-order chi connectivity index (χ0) is 14.5. The molecule has 1 fully saturated rings. The lowest BCUT2D eigenvalue weighted by atomic mass is 9.96. The van der Waals surface area contributed by atoms with Gasteiger partial charge in [-0.3, -0.25) is 4.90 Å². The summed E-state index contributed by atoms with van der Waals surface area (Å²) in [6.07, 6.45) is 2.66. The average molecular weight is 267 g/mol. The Hall–Kier alpha value is -0.380. The minimum atomic E-state index is 0.182. The Morgan fingerprint density at radius 2 is 1.84 bits per heavy atom. The second-order valence-corrected chi connectivity index (χ2v) is 7.34. The van der Waals surface area contributed by atoms with E-state index >= 15 is 0 Å². The van der Waals surface area contributed by atoms with Crippen LogP contribution in [0.2, 0.25) is 0 Å². The molecule has 0 aliphatic carbocycles. The molecule has 0 aromatic heterocycles. The zero-order valence-electron chi connectivity index (χ0n) is 13.6. The fourth-order valence-corrected chi connectivity index (χ4v) is 2.61. The number of hydrogen-bond donors (Lipinski definition) is 1. The monoisotopic (exact) mass is 267 g/mol. The molecule has 0 aromatic carbocycles. The molecule has 0 spiro atoms. The van der Waals surface area contributed by atoms with E-state index in [1.54, 1.807) is 0 Å². The molecule has 0 atom stereocenters. The molecule has 1 heterocycles. The minimum Gasteiger partial charge on any atom is -0.309 e. The number of piperidine rings is 1. The van der Waals surface area contributed by atoms with Crippen LogP contribution in [0.5, 0.6) is 0 Å². The molecule has 0 bridgehead atoms. The Balaban J connectivity index is 2.20. The fourth-order valence-electron chi connectivity index (χ4n) is 2.61. The Labute approximate surface area is 120 Å².